The first-order valence-electron chi connectivity index (χ1n) is 9.54. The minimum absolute atomic E-state index is 0.0489. The van der Waals surface area contributed by atoms with Crippen molar-refractivity contribution in [3.05, 3.63) is 29.3 Å². The van der Waals surface area contributed by atoms with Crippen molar-refractivity contribution in [1.82, 2.24) is 15.1 Å². The lowest BCUT2D eigenvalue weighted by Crippen LogP contribution is -2.58. The summed E-state index contributed by atoms with van der Waals surface area (Å²) in [6.07, 6.45) is 2.17. The van der Waals surface area contributed by atoms with Gasteiger partial charge in [-0.2, -0.15) is 0 Å². The molecular weight excluding hydrogens is 366 g/mol. The lowest BCUT2D eigenvalue weighted by atomic mass is 10.1. The molecule has 3 rings (SSSR count). The third-order valence-electron chi connectivity index (χ3n) is 5.15. The Kier molecular flexibility index (Phi) is 5.96. The molecule has 27 heavy (non-hydrogen) atoms. The second-order valence-corrected chi connectivity index (χ2v) is 8.29. The van der Waals surface area contributed by atoms with Crippen LogP contribution in [0.15, 0.2) is 24.3 Å². The number of carbonyl (C=O) groups is 2. The van der Waals surface area contributed by atoms with Crippen LogP contribution in [0.4, 0.5) is 0 Å². The Labute approximate surface area is 165 Å². The van der Waals surface area contributed by atoms with E-state index in [-0.39, 0.29) is 17.9 Å². The summed E-state index contributed by atoms with van der Waals surface area (Å²) in [6, 6.07) is 7.20. The van der Waals surface area contributed by atoms with Crippen molar-refractivity contribution in [2.45, 2.75) is 51.3 Å². The third kappa shape index (κ3) is 5.14. The number of hydrogen-bond donors (Lipinski definition) is 1. The highest BCUT2D eigenvalue weighted by atomic mass is 35.5. The van der Waals surface area contributed by atoms with Gasteiger partial charge < -0.3 is 15.0 Å². The van der Waals surface area contributed by atoms with Gasteiger partial charge in [-0.1, -0.05) is 11.6 Å². The molecule has 1 saturated heterocycles. The number of amides is 2. The standard InChI is InChI=1S/C20H28ClN3O3/c1-14(18(25)22-16-6-7-16)23-10-12-24(13-11-23)19(26)20(2,3)27-17-8-4-15(21)5-9-17/h4-5,8-9,14,16H,6-7,10-13H2,1-3H3,(H,22,25). The van der Waals surface area contributed by atoms with Crippen LogP contribution < -0.4 is 10.1 Å². The van der Waals surface area contributed by atoms with E-state index in [1.807, 2.05) is 11.8 Å². The molecule has 148 valence electrons. The Balaban J connectivity index is 1.52. The van der Waals surface area contributed by atoms with Gasteiger partial charge in [0.1, 0.15) is 5.75 Å². The highest BCUT2D eigenvalue weighted by molar-refractivity contribution is 6.30. The monoisotopic (exact) mass is 393 g/mol. The zero-order valence-electron chi connectivity index (χ0n) is 16.2. The normalized spacial score (nSPS) is 19.5. The lowest BCUT2D eigenvalue weighted by molar-refractivity contribution is -0.147. The Bertz CT molecular complexity index is 680. The number of ether oxygens (including phenoxy) is 1. The Morgan fingerprint density at radius 1 is 1.15 bits per heavy atom. The van der Waals surface area contributed by atoms with Gasteiger partial charge in [0, 0.05) is 37.2 Å². The molecular formula is C20H28ClN3O3. The number of nitrogens with one attached hydrogen (secondary N) is 1. The summed E-state index contributed by atoms with van der Waals surface area (Å²) in [5.41, 5.74) is -0.967. The van der Waals surface area contributed by atoms with Crippen LogP contribution in [0.25, 0.3) is 0 Å². The van der Waals surface area contributed by atoms with Crippen LogP contribution in [0.1, 0.15) is 33.6 Å². The molecule has 6 nitrogen and oxygen atoms in total. The fourth-order valence-corrected chi connectivity index (χ4v) is 3.38. The molecule has 0 aromatic heterocycles. The summed E-state index contributed by atoms with van der Waals surface area (Å²) in [6.45, 7) is 8.04. The first-order valence-corrected chi connectivity index (χ1v) is 9.92. The van der Waals surface area contributed by atoms with Crippen LogP contribution in [-0.4, -0.2) is 65.5 Å². The predicted molar refractivity (Wildman–Crippen MR) is 105 cm³/mol. The van der Waals surface area contributed by atoms with Crippen LogP contribution in [-0.2, 0) is 9.59 Å². The van der Waals surface area contributed by atoms with Crippen LogP contribution in [0.3, 0.4) is 0 Å². The summed E-state index contributed by atoms with van der Waals surface area (Å²) in [4.78, 5) is 29.1. The molecule has 0 radical (unpaired) electrons. The van der Waals surface area contributed by atoms with Gasteiger partial charge in [0.05, 0.1) is 6.04 Å². The van der Waals surface area contributed by atoms with Crippen molar-refractivity contribution < 1.29 is 14.3 Å². The first-order chi connectivity index (χ1) is 12.8. The number of nitrogens with zero attached hydrogens (tertiary/aromatic N) is 2. The molecule has 2 amide bonds. The van der Waals surface area contributed by atoms with Gasteiger partial charge in [0.25, 0.3) is 5.91 Å². The van der Waals surface area contributed by atoms with E-state index in [9.17, 15) is 9.59 Å². The highest BCUT2D eigenvalue weighted by Crippen LogP contribution is 2.23. The molecule has 2 fully saturated rings. The molecule has 1 aromatic rings. The van der Waals surface area contributed by atoms with E-state index in [0.29, 0.717) is 43.0 Å². The summed E-state index contributed by atoms with van der Waals surface area (Å²) < 4.78 is 5.91. The number of benzene rings is 1. The van der Waals surface area contributed by atoms with Gasteiger partial charge in [-0.05, 0) is 57.9 Å². The van der Waals surface area contributed by atoms with Gasteiger partial charge in [-0.15, -0.1) is 0 Å². The third-order valence-corrected chi connectivity index (χ3v) is 5.41. The van der Waals surface area contributed by atoms with Crippen LogP contribution in [0, 0.1) is 0 Å². The number of piperazine rings is 1. The molecule has 0 bridgehead atoms. The SMILES string of the molecule is CC(C(=O)NC1CC1)N1CCN(C(=O)C(C)(C)Oc2ccc(Cl)cc2)CC1. The zero-order valence-corrected chi connectivity index (χ0v) is 17.0. The van der Waals surface area contributed by atoms with Crippen molar-refractivity contribution in [2.24, 2.45) is 0 Å². The van der Waals surface area contributed by atoms with Crippen molar-refractivity contribution in [1.29, 1.82) is 0 Å². The minimum atomic E-state index is -0.967. The molecule has 2 aliphatic rings. The largest absolute Gasteiger partial charge is 0.478 e. The number of carbonyl (C=O) groups excluding carboxylic acids is 2. The summed E-state index contributed by atoms with van der Waals surface area (Å²) >= 11 is 5.90. The molecule has 0 spiro atoms. The number of halogens is 1. The molecule has 1 aromatic carbocycles. The second kappa shape index (κ2) is 8.07. The predicted octanol–water partition coefficient (Wildman–Crippen LogP) is 2.31. The van der Waals surface area contributed by atoms with E-state index in [4.69, 9.17) is 16.3 Å². The quantitative estimate of drug-likeness (QED) is 0.805. The summed E-state index contributed by atoms with van der Waals surface area (Å²) in [7, 11) is 0. The average Bonchev–Trinajstić information content (AvgIpc) is 3.46. The van der Waals surface area contributed by atoms with E-state index >= 15 is 0 Å². The van der Waals surface area contributed by atoms with Crippen molar-refractivity contribution in [2.75, 3.05) is 26.2 Å². The van der Waals surface area contributed by atoms with E-state index in [1.165, 1.54) is 0 Å². The maximum atomic E-state index is 12.9. The second-order valence-electron chi connectivity index (χ2n) is 7.85. The fourth-order valence-electron chi connectivity index (χ4n) is 3.25. The molecule has 1 N–H and O–H groups in total. The Morgan fingerprint density at radius 2 is 1.74 bits per heavy atom. The van der Waals surface area contributed by atoms with Crippen molar-refractivity contribution in [3.63, 3.8) is 0 Å². The highest BCUT2D eigenvalue weighted by Gasteiger charge is 2.37. The van der Waals surface area contributed by atoms with E-state index < -0.39 is 5.60 Å². The average molecular weight is 394 g/mol. The lowest BCUT2D eigenvalue weighted by Gasteiger charge is -2.40. The maximum Gasteiger partial charge on any atom is 0.266 e. The van der Waals surface area contributed by atoms with Gasteiger partial charge in [-0.25, -0.2) is 0 Å². The van der Waals surface area contributed by atoms with Gasteiger partial charge in [0.2, 0.25) is 5.91 Å². The number of hydrogen-bond acceptors (Lipinski definition) is 4. The zero-order chi connectivity index (χ0) is 19.6. The molecule has 1 heterocycles. The van der Waals surface area contributed by atoms with Crippen molar-refractivity contribution >= 4 is 23.4 Å². The van der Waals surface area contributed by atoms with Crippen LogP contribution in [0.5, 0.6) is 5.75 Å². The van der Waals surface area contributed by atoms with Gasteiger partial charge in [0.15, 0.2) is 5.60 Å². The minimum Gasteiger partial charge on any atom is -0.478 e. The fraction of sp³-hybridized carbons (Fsp3) is 0.600. The summed E-state index contributed by atoms with van der Waals surface area (Å²) in [5, 5.41) is 3.68. The molecule has 7 heteroatoms. The molecule has 1 unspecified atom stereocenters. The maximum absolute atomic E-state index is 12.9. The van der Waals surface area contributed by atoms with E-state index in [0.717, 1.165) is 12.8 Å². The molecule has 1 aliphatic heterocycles. The summed E-state index contributed by atoms with van der Waals surface area (Å²) in [5.74, 6) is 0.651. The van der Waals surface area contributed by atoms with Gasteiger partial charge in [-0.3, -0.25) is 14.5 Å². The molecule has 1 aliphatic carbocycles. The number of rotatable bonds is 6. The molecule has 1 saturated carbocycles. The van der Waals surface area contributed by atoms with E-state index in [2.05, 4.69) is 10.2 Å². The van der Waals surface area contributed by atoms with Gasteiger partial charge >= 0.3 is 0 Å². The van der Waals surface area contributed by atoms with Crippen LogP contribution >= 0.6 is 11.6 Å². The molecule has 1 atom stereocenters. The van der Waals surface area contributed by atoms with Crippen LogP contribution in [0.2, 0.25) is 5.02 Å². The Morgan fingerprint density at radius 3 is 2.30 bits per heavy atom. The smallest absolute Gasteiger partial charge is 0.266 e. The van der Waals surface area contributed by atoms with E-state index in [1.54, 1.807) is 38.1 Å². The Hall–Kier alpha value is -1.79. The van der Waals surface area contributed by atoms with Crippen molar-refractivity contribution in [3.8, 4) is 5.75 Å². The topological polar surface area (TPSA) is 61.9 Å². The first kappa shape index (κ1) is 20.0.